The van der Waals surface area contributed by atoms with Crippen molar-refractivity contribution in [1.29, 1.82) is 0 Å². The fourth-order valence-electron chi connectivity index (χ4n) is 1.94. The first-order valence-corrected chi connectivity index (χ1v) is 5.50. The summed E-state index contributed by atoms with van der Waals surface area (Å²) >= 11 is 0. The average molecular weight is 237 g/mol. The summed E-state index contributed by atoms with van der Waals surface area (Å²) in [6.07, 6.45) is 1.85. The van der Waals surface area contributed by atoms with Crippen LogP contribution in [-0.2, 0) is 11.4 Å². The molecule has 1 amide bonds. The van der Waals surface area contributed by atoms with Crippen molar-refractivity contribution in [3.8, 4) is 0 Å². The van der Waals surface area contributed by atoms with Crippen LogP contribution in [0.1, 0.15) is 17.8 Å². The van der Waals surface area contributed by atoms with Crippen molar-refractivity contribution in [3.05, 3.63) is 17.6 Å². The number of amides is 1. The minimum Gasteiger partial charge on any atom is -0.396 e. The van der Waals surface area contributed by atoms with Gasteiger partial charge in [0.05, 0.1) is 6.61 Å². The van der Waals surface area contributed by atoms with Crippen molar-refractivity contribution in [2.45, 2.75) is 20.0 Å². The largest absolute Gasteiger partial charge is 0.396 e. The predicted molar refractivity (Wildman–Crippen MR) is 60.2 cm³/mol. The minimum atomic E-state index is -0.205. The highest BCUT2D eigenvalue weighted by Crippen LogP contribution is 2.25. The Kier molecular flexibility index (Phi) is 3.35. The maximum absolute atomic E-state index is 11.8. The molecule has 1 fully saturated rings. The first-order valence-electron chi connectivity index (χ1n) is 5.50. The fourth-order valence-corrected chi connectivity index (χ4v) is 1.94. The third kappa shape index (κ3) is 2.27. The number of carbonyl (C=O) groups is 1. The zero-order chi connectivity index (χ0) is 12.4. The molecule has 1 saturated heterocycles. The molecule has 92 valence electrons. The molecule has 6 heteroatoms. The molecule has 0 spiro atoms. The van der Waals surface area contributed by atoms with Gasteiger partial charge in [0.25, 0.3) is 0 Å². The second-order valence-corrected chi connectivity index (χ2v) is 4.18. The second-order valence-electron chi connectivity index (χ2n) is 4.18. The normalized spacial score (nSPS) is 20.1. The van der Waals surface area contributed by atoms with E-state index in [-0.39, 0.29) is 25.0 Å². The van der Waals surface area contributed by atoms with Gasteiger partial charge in [-0.3, -0.25) is 9.69 Å². The van der Waals surface area contributed by atoms with Crippen LogP contribution < -0.4 is 4.90 Å². The van der Waals surface area contributed by atoms with Crippen molar-refractivity contribution in [1.82, 2.24) is 9.97 Å². The Bertz CT molecular complexity index is 436. The van der Waals surface area contributed by atoms with E-state index in [0.29, 0.717) is 30.2 Å². The van der Waals surface area contributed by atoms with E-state index in [0.717, 1.165) is 0 Å². The molecule has 1 aliphatic heterocycles. The molecule has 1 unspecified atom stereocenters. The van der Waals surface area contributed by atoms with Crippen LogP contribution in [0, 0.1) is 12.8 Å². The standard InChI is InChI=1S/C11H15N3O3/c1-7-12-3-9(6-16)11(13-7)14-4-8(5-15)2-10(14)17/h3,8,15-16H,2,4-6H2,1H3. The number of nitrogens with zero attached hydrogens (tertiary/aromatic N) is 3. The molecular formula is C11H15N3O3. The third-order valence-electron chi connectivity index (χ3n) is 2.85. The molecule has 6 nitrogen and oxygen atoms in total. The summed E-state index contributed by atoms with van der Waals surface area (Å²) in [7, 11) is 0. The summed E-state index contributed by atoms with van der Waals surface area (Å²) in [6, 6.07) is 0. The van der Waals surface area contributed by atoms with E-state index in [1.54, 1.807) is 6.92 Å². The van der Waals surface area contributed by atoms with Gasteiger partial charge in [0.1, 0.15) is 11.6 Å². The maximum atomic E-state index is 11.8. The molecule has 2 heterocycles. The summed E-state index contributed by atoms with van der Waals surface area (Å²) in [4.78, 5) is 21.5. The highest BCUT2D eigenvalue weighted by molar-refractivity contribution is 5.95. The Hall–Kier alpha value is -1.53. The molecule has 2 N–H and O–H groups in total. The summed E-state index contributed by atoms with van der Waals surface area (Å²) < 4.78 is 0. The molecule has 2 rings (SSSR count). The van der Waals surface area contributed by atoms with Crippen molar-refractivity contribution in [2.24, 2.45) is 5.92 Å². The van der Waals surface area contributed by atoms with Crippen LogP contribution in [0.4, 0.5) is 5.82 Å². The van der Waals surface area contributed by atoms with E-state index in [9.17, 15) is 9.90 Å². The SMILES string of the molecule is Cc1ncc(CO)c(N2CC(CO)CC2=O)n1. The van der Waals surface area contributed by atoms with Crippen molar-refractivity contribution in [3.63, 3.8) is 0 Å². The monoisotopic (exact) mass is 237 g/mol. The number of aromatic nitrogens is 2. The summed E-state index contributed by atoms with van der Waals surface area (Å²) in [5.74, 6) is 0.888. The number of hydrogen-bond donors (Lipinski definition) is 2. The van der Waals surface area contributed by atoms with E-state index in [2.05, 4.69) is 9.97 Å². The molecule has 0 bridgehead atoms. The molecule has 17 heavy (non-hydrogen) atoms. The van der Waals surface area contributed by atoms with Crippen molar-refractivity contribution < 1.29 is 15.0 Å². The van der Waals surface area contributed by atoms with Crippen LogP contribution in [0.25, 0.3) is 0 Å². The highest BCUT2D eigenvalue weighted by Gasteiger charge is 2.32. The van der Waals surface area contributed by atoms with Gasteiger partial charge in [-0.2, -0.15) is 0 Å². The Balaban J connectivity index is 2.33. The Morgan fingerprint density at radius 1 is 1.53 bits per heavy atom. The maximum Gasteiger partial charge on any atom is 0.228 e. The van der Waals surface area contributed by atoms with E-state index >= 15 is 0 Å². The average Bonchev–Trinajstić information content (AvgIpc) is 2.70. The van der Waals surface area contributed by atoms with Gasteiger partial charge < -0.3 is 10.2 Å². The number of hydrogen-bond acceptors (Lipinski definition) is 5. The summed E-state index contributed by atoms with van der Waals surface area (Å²) in [5.41, 5.74) is 0.530. The molecular weight excluding hydrogens is 222 g/mol. The van der Waals surface area contributed by atoms with Gasteiger partial charge in [-0.1, -0.05) is 0 Å². The molecule has 0 saturated carbocycles. The van der Waals surface area contributed by atoms with E-state index in [4.69, 9.17) is 5.11 Å². The zero-order valence-corrected chi connectivity index (χ0v) is 9.63. The highest BCUT2D eigenvalue weighted by atomic mass is 16.3. The van der Waals surface area contributed by atoms with Gasteiger partial charge in [-0.05, 0) is 6.92 Å². The number of aryl methyl sites for hydroxylation is 1. The zero-order valence-electron chi connectivity index (χ0n) is 9.63. The molecule has 1 aliphatic rings. The van der Waals surface area contributed by atoms with E-state index in [1.165, 1.54) is 11.1 Å². The van der Waals surface area contributed by atoms with Gasteiger partial charge in [0.15, 0.2) is 0 Å². The summed E-state index contributed by atoms with van der Waals surface area (Å²) in [6.45, 7) is 1.96. The molecule has 1 atom stereocenters. The van der Waals surface area contributed by atoms with Gasteiger partial charge in [0.2, 0.25) is 5.91 Å². The van der Waals surface area contributed by atoms with Gasteiger partial charge >= 0.3 is 0 Å². The number of aliphatic hydroxyl groups excluding tert-OH is 2. The Morgan fingerprint density at radius 3 is 2.88 bits per heavy atom. The first-order chi connectivity index (χ1) is 8.15. The minimum absolute atomic E-state index is 0.0131. The number of aliphatic hydroxyl groups is 2. The van der Waals surface area contributed by atoms with Gasteiger partial charge in [-0.15, -0.1) is 0 Å². The van der Waals surface area contributed by atoms with Crippen molar-refractivity contribution in [2.75, 3.05) is 18.1 Å². The van der Waals surface area contributed by atoms with Gasteiger partial charge in [0, 0.05) is 37.3 Å². The number of rotatable bonds is 3. The lowest BCUT2D eigenvalue weighted by Gasteiger charge is -2.18. The topological polar surface area (TPSA) is 86.5 Å². The van der Waals surface area contributed by atoms with Gasteiger partial charge in [-0.25, -0.2) is 9.97 Å². The van der Waals surface area contributed by atoms with Crippen LogP contribution in [0.3, 0.4) is 0 Å². The number of anilines is 1. The lowest BCUT2D eigenvalue weighted by atomic mass is 10.1. The van der Waals surface area contributed by atoms with Crippen LogP contribution >= 0.6 is 0 Å². The molecule has 0 aromatic carbocycles. The number of carbonyl (C=O) groups excluding carboxylic acids is 1. The molecule has 1 aromatic rings. The summed E-state index contributed by atoms with van der Waals surface area (Å²) in [5, 5.41) is 18.3. The lowest BCUT2D eigenvalue weighted by molar-refractivity contribution is -0.117. The van der Waals surface area contributed by atoms with Crippen LogP contribution in [0.2, 0.25) is 0 Å². The van der Waals surface area contributed by atoms with E-state index in [1.807, 2.05) is 0 Å². The Labute approximate surface area is 98.9 Å². The predicted octanol–water partition coefficient (Wildman–Crippen LogP) is -0.377. The van der Waals surface area contributed by atoms with Crippen LogP contribution in [0.5, 0.6) is 0 Å². The molecule has 1 aromatic heterocycles. The van der Waals surface area contributed by atoms with Crippen LogP contribution in [-0.4, -0.2) is 39.2 Å². The third-order valence-corrected chi connectivity index (χ3v) is 2.85. The lowest BCUT2D eigenvalue weighted by Crippen LogP contribution is -2.27. The fraction of sp³-hybridized carbons (Fsp3) is 0.545. The first kappa shape index (κ1) is 11.9. The molecule has 0 aliphatic carbocycles. The van der Waals surface area contributed by atoms with E-state index < -0.39 is 0 Å². The second kappa shape index (κ2) is 4.77. The quantitative estimate of drug-likeness (QED) is 0.748. The van der Waals surface area contributed by atoms with Crippen molar-refractivity contribution >= 4 is 11.7 Å². The molecule has 0 radical (unpaired) electrons. The smallest absolute Gasteiger partial charge is 0.228 e. The Morgan fingerprint density at radius 2 is 2.29 bits per heavy atom. The van der Waals surface area contributed by atoms with Crippen LogP contribution in [0.15, 0.2) is 6.20 Å².